The van der Waals surface area contributed by atoms with Crippen LogP contribution in [0, 0.1) is 0 Å². The molecule has 1 aliphatic carbocycles. The van der Waals surface area contributed by atoms with Crippen LogP contribution in [0.2, 0.25) is 0 Å². The first-order chi connectivity index (χ1) is 19.8. The normalized spacial score (nSPS) is 33.5. The van der Waals surface area contributed by atoms with Crippen molar-refractivity contribution in [3.8, 4) is 45.6 Å². The molecule has 5 rings (SSSR count). The minimum absolute atomic E-state index is 0.0282. The van der Waals surface area contributed by atoms with E-state index in [1.54, 1.807) is 0 Å². The SMILES string of the molecule is C[C@@H]1O[C@@H](OC[C@H]2OC(Oc3cc4c(O)cc(=O)cc-4oc3-c3ccc(O)c(O)c3)[C@H](O)[C@@H](O)[C@@H]2O)[C@H](O)[C@H](O)[C@H]1O. The molecule has 1 aromatic carbocycles. The van der Waals surface area contributed by atoms with Gasteiger partial charge in [0.15, 0.2) is 34.7 Å². The molecule has 15 heteroatoms. The number of ether oxygens (including phenoxy) is 4. The highest BCUT2D eigenvalue weighted by Crippen LogP contribution is 2.43. The predicted octanol–water partition coefficient (Wildman–Crippen LogP) is -1.44. The molecule has 0 aromatic heterocycles. The van der Waals surface area contributed by atoms with Crippen molar-refractivity contribution in [2.24, 2.45) is 0 Å². The van der Waals surface area contributed by atoms with Gasteiger partial charge >= 0.3 is 0 Å². The number of aromatic hydroxyl groups is 3. The first-order valence-corrected chi connectivity index (χ1v) is 12.9. The highest BCUT2D eigenvalue weighted by atomic mass is 16.7. The summed E-state index contributed by atoms with van der Waals surface area (Å²) in [6.45, 7) is 0.914. The molecule has 42 heavy (non-hydrogen) atoms. The van der Waals surface area contributed by atoms with Gasteiger partial charge in [0.2, 0.25) is 6.29 Å². The van der Waals surface area contributed by atoms with Crippen molar-refractivity contribution in [1.82, 2.24) is 0 Å². The monoisotopic (exact) mass is 594 g/mol. The lowest BCUT2D eigenvalue weighted by Crippen LogP contribution is -2.61. The van der Waals surface area contributed by atoms with Crippen LogP contribution in [0.1, 0.15) is 6.92 Å². The number of aliphatic hydroxyl groups excluding tert-OH is 6. The number of rotatable bonds is 6. The molecule has 228 valence electrons. The van der Waals surface area contributed by atoms with E-state index in [4.69, 9.17) is 23.4 Å². The van der Waals surface area contributed by atoms with Crippen molar-refractivity contribution in [3.63, 3.8) is 0 Å². The Bertz CT molecular complexity index is 1440. The zero-order chi connectivity index (χ0) is 30.5. The van der Waals surface area contributed by atoms with Gasteiger partial charge in [-0.25, -0.2) is 0 Å². The summed E-state index contributed by atoms with van der Waals surface area (Å²) in [6, 6.07) is 6.93. The molecule has 2 fully saturated rings. The first-order valence-electron chi connectivity index (χ1n) is 12.9. The van der Waals surface area contributed by atoms with Gasteiger partial charge in [-0.2, -0.15) is 0 Å². The van der Waals surface area contributed by atoms with Crippen molar-refractivity contribution < 1.29 is 69.3 Å². The van der Waals surface area contributed by atoms with Crippen LogP contribution < -0.4 is 10.2 Å². The zero-order valence-electron chi connectivity index (χ0n) is 21.9. The molecule has 4 aliphatic rings. The molecule has 3 aliphatic heterocycles. The van der Waals surface area contributed by atoms with Gasteiger partial charge in [-0.15, -0.1) is 0 Å². The first kappa shape index (κ1) is 30.0. The Morgan fingerprint density at radius 3 is 2.14 bits per heavy atom. The summed E-state index contributed by atoms with van der Waals surface area (Å²) >= 11 is 0. The fraction of sp³-hybridized carbons (Fsp3) is 0.444. The fourth-order valence-corrected chi connectivity index (χ4v) is 4.74. The van der Waals surface area contributed by atoms with Gasteiger partial charge in [0.25, 0.3) is 0 Å². The molecular weight excluding hydrogens is 564 g/mol. The lowest BCUT2D eigenvalue weighted by atomic mass is 9.98. The van der Waals surface area contributed by atoms with E-state index in [1.165, 1.54) is 19.1 Å². The summed E-state index contributed by atoms with van der Waals surface area (Å²) in [5, 5.41) is 91.9. The smallest absolute Gasteiger partial charge is 0.229 e. The van der Waals surface area contributed by atoms with Gasteiger partial charge < -0.3 is 69.3 Å². The van der Waals surface area contributed by atoms with Crippen LogP contribution in [-0.2, 0) is 14.2 Å². The molecule has 0 bridgehead atoms. The Hall–Kier alpha value is -3.51. The lowest BCUT2D eigenvalue weighted by Gasteiger charge is -2.42. The standard InChI is InChI=1S/C27H30O15/c1-9-19(32)21(34)23(36)26(39-9)38-8-18-20(33)22(35)24(37)27(42-18)41-17-7-12-14(30)5-11(28)6-16(12)40-25(17)10-2-3-13(29)15(31)4-10/h2-7,9,18-24,26-27,29-37H,8H2,1H3/t9-,18+,19-,20+,21+,22-,23+,24+,26+,27?/m0/s1. The second-order valence-electron chi connectivity index (χ2n) is 10.1. The molecule has 0 radical (unpaired) electrons. The average molecular weight is 595 g/mol. The van der Waals surface area contributed by atoms with Gasteiger partial charge in [0.05, 0.1) is 18.3 Å². The van der Waals surface area contributed by atoms with Crippen molar-refractivity contribution in [2.45, 2.75) is 68.3 Å². The predicted molar refractivity (Wildman–Crippen MR) is 138 cm³/mol. The van der Waals surface area contributed by atoms with Crippen LogP contribution >= 0.6 is 0 Å². The van der Waals surface area contributed by atoms with Crippen LogP contribution in [0.25, 0.3) is 22.6 Å². The largest absolute Gasteiger partial charge is 0.507 e. The zero-order valence-corrected chi connectivity index (χ0v) is 21.9. The molecule has 1 aromatic rings. The quantitative estimate of drug-likeness (QED) is 0.148. The highest BCUT2D eigenvalue weighted by Gasteiger charge is 2.47. The van der Waals surface area contributed by atoms with E-state index in [2.05, 4.69) is 0 Å². The third-order valence-corrected chi connectivity index (χ3v) is 7.19. The average Bonchev–Trinajstić information content (AvgIpc) is 2.95. The minimum atomic E-state index is -1.83. The summed E-state index contributed by atoms with van der Waals surface area (Å²) in [5.74, 6) is -1.80. The molecule has 0 spiro atoms. The van der Waals surface area contributed by atoms with Gasteiger partial charge in [0, 0.05) is 17.7 Å². The van der Waals surface area contributed by atoms with Gasteiger partial charge in [-0.1, -0.05) is 0 Å². The van der Waals surface area contributed by atoms with Gasteiger partial charge in [-0.05, 0) is 31.2 Å². The Kier molecular flexibility index (Phi) is 8.30. The van der Waals surface area contributed by atoms with E-state index in [-0.39, 0.29) is 28.4 Å². The maximum absolute atomic E-state index is 12.0. The van der Waals surface area contributed by atoms with Crippen LogP contribution in [0.15, 0.2) is 45.6 Å². The highest BCUT2D eigenvalue weighted by molar-refractivity contribution is 5.76. The molecule has 15 nitrogen and oxygen atoms in total. The number of phenolic OH excluding ortho intramolecular Hbond substituents is 3. The molecule has 9 N–H and O–H groups in total. The van der Waals surface area contributed by atoms with E-state index in [1.807, 2.05) is 0 Å². The number of fused-ring (bicyclic) bond motifs is 1. The Labute approximate surface area is 236 Å². The van der Waals surface area contributed by atoms with Crippen molar-refractivity contribution in [3.05, 3.63) is 46.6 Å². The number of phenols is 3. The molecule has 1 unspecified atom stereocenters. The van der Waals surface area contributed by atoms with E-state index in [9.17, 15) is 50.8 Å². The lowest BCUT2D eigenvalue weighted by molar-refractivity contribution is -0.318. The van der Waals surface area contributed by atoms with Crippen molar-refractivity contribution in [1.29, 1.82) is 0 Å². The van der Waals surface area contributed by atoms with Crippen molar-refractivity contribution >= 4 is 0 Å². The van der Waals surface area contributed by atoms with Gasteiger partial charge in [0.1, 0.15) is 54.2 Å². The van der Waals surface area contributed by atoms with Crippen LogP contribution in [-0.4, -0.2) is 114 Å². The Morgan fingerprint density at radius 1 is 0.738 bits per heavy atom. The molecule has 0 amide bonds. The third kappa shape index (κ3) is 5.61. The van der Waals surface area contributed by atoms with Crippen LogP contribution in [0.3, 0.4) is 0 Å². The molecule has 2 saturated heterocycles. The van der Waals surface area contributed by atoms with Crippen LogP contribution in [0.5, 0.6) is 23.0 Å². The van der Waals surface area contributed by atoms with E-state index in [0.717, 1.165) is 24.3 Å². The summed E-state index contributed by atoms with van der Waals surface area (Å²) in [4.78, 5) is 12.0. The number of hydrogen-bond acceptors (Lipinski definition) is 15. The maximum Gasteiger partial charge on any atom is 0.229 e. The molecule has 0 saturated carbocycles. The third-order valence-electron chi connectivity index (χ3n) is 7.19. The van der Waals surface area contributed by atoms with E-state index in [0.29, 0.717) is 0 Å². The number of aliphatic hydroxyl groups is 6. The summed E-state index contributed by atoms with van der Waals surface area (Å²) < 4.78 is 28.2. The molecular formula is C27H30O15. The van der Waals surface area contributed by atoms with E-state index >= 15 is 0 Å². The van der Waals surface area contributed by atoms with Crippen LogP contribution in [0.4, 0.5) is 0 Å². The maximum atomic E-state index is 12.0. The summed E-state index contributed by atoms with van der Waals surface area (Å²) in [6.07, 6.45) is -15.4. The molecule has 3 heterocycles. The second-order valence-corrected chi connectivity index (χ2v) is 10.1. The topological polar surface area (TPSA) is 249 Å². The Morgan fingerprint density at radius 2 is 1.43 bits per heavy atom. The van der Waals surface area contributed by atoms with Gasteiger partial charge in [-0.3, -0.25) is 4.79 Å². The minimum Gasteiger partial charge on any atom is -0.507 e. The van der Waals surface area contributed by atoms with E-state index < -0.39 is 90.7 Å². The number of benzene rings is 2. The van der Waals surface area contributed by atoms with Crippen molar-refractivity contribution in [2.75, 3.05) is 6.61 Å². The summed E-state index contributed by atoms with van der Waals surface area (Å²) in [7, 11) is 0. The second kappa shape index (κ2) is 11.6. The molecule has 10 atom stereocenters. The summed E-state index contributed by atoms with van der Waals surface area (Å²) in [5.41, 5.74) is -0.395. The Balaban J connectivity index is 1.44. The fourth-order valence-electron chi connectivity index (χ4n) is 4.74. The number of hydrogen-bond donors (Lipinski definition) is 9.